The Hall–Kier alpha value is -1.51. The molecule has 0 spiro atoms. The molecule has 1 aliphatic carbocycles. The van der Waals surface area contributed by atoms with Crippen LogP contribution in [0.1, 0.15) is 56.8 Å². The predicted molar refractivity (Wildman–Crippen MR) is 82.2 cm³/mol. The molecule has 3 nitrogen and oxygen atoms in total. The number of anilines is 1. The van der Waals surface area contributed by atoms with Gasteiger partial charge in [-0.2, -0.15) is 0 Å². The van der Waals surface area contributed by atoms with E-state index in [-0.39, 0.29) is 0 Å². The summed E-state index contributed by atoms with van der Waals surface area (Å²) in [6.45, 7) is 6.93. The average Bonchev–Trinajstić information content (AvgIpc) is 2.38. The maximum Gasteiger partial charge on any atom is 0.335 e. The molecule has 1 aliphatic rings. The second-order valence-electron chi connectivity index (χ2n) is 6.89. The molecule has 0 bridgehead atoms. The van der Waals surface area contributed by atoms with Crippen LogP contribution in [0.3, 0.4) is 0 Å². The second-order valence-corrected chi connectivity index (χ2v) is 6.89. The number of rotatable bonds is 3. The SMILES string of the molecule is CC(C)(C)C1CCCCC1Nc1ccc(C(=O)O)cc1. The summed E-state index contributed by atoms with van der Waals surface area (Å²) >= 11 is 0. The molecule has 110 valence electrons. The van der Waals surface area contributed by atoms with Crippen molar-refractivity contribution in [2.24, 2.45) is 11.3 Å². The molecule has 1 fully saturated rings. The first kappa shape index (κ1) is 14.9. The Bertz CT molecular complexity index is 459. The minimum absolute atomic E-state index is 0.305. The predicted octanol–water partition coefficient (Wildman–Crippen LogP) is 4.40. The number of hydrogen-bond donors (Lipinski definition) is 2. The highest BCUT2D eigenvalue weighted by molar-refractivity contribution is 5.88. The van der Waals surface area contributed by atoms with E-state index in [1.54, 1.807) is 12.1 Å². The van der Waals surface area contributed by atoms with Crippen molar-refractivity contribution >= 4 is 11.7 Å². The smallest absolute Gasteiger partial charge is 0.335 e. The van der Waals surface area contributed by atoms with Crippen LogP contribution in [0.15, 0.2) is 24.3 Å². The molecule has 0 aliphatic heterocycles. The molecule has 2 N–H and O–H groups in total. The van der Waals surface area contributed by atoms with Gasteiger partial charge in [-0.15, -0.1) is 0 Å². The van der Waals surface area contributed by atoms with Gasteiger partial charge in [0.1, 0.15) is 0 Å². The van der Waals surface area contributed by atoms with Crippen LogP contribution >= 0.6 is 0 Å². The summed E-state index contributed by atoms with van der Waals surface area (Å²) < 4.78 is 0. The molecule has 2 atom stereocenters. The molecule has 0 aromatic heterocycles. The second kappa shape index (κ2) is 5.86. The first-order valence-corrected chi connectivity index (χ1v) is 7.48. The summed E-state index contributed by atoms with van der Waals surface area (Å²) in [4.78, 5) is 10.9. The molecule has 2 rings (SSSR count). The van der Waals surface area contributed by atoms with Crippen LogP contribution in [0.5, 0.6) is 0 Å². The molecule has 2 unspecified atom stereocenters. The monoisotopic (exact) mass is 275 g/mol. The quantitative estimate of drug-likeness (QED) is 0.859. The normalized spacial score (nSPS) is 23.4. The maximum absolute atomic E-state index is 10.9. The third-order valence-corrected chi connectivity index (χ3v) is 4.36. The van der Waals surface area contributed by atoms with Crippen molar-refractivity contribution in [1.29, 1.82) is 0 Å². The van der Waals surface area contributed by atoms with Crippen molar-refractivity contribution in [3.63, 3.8) is 0 Å². The zero-order chi connectivity index (χ0) is 14.8. The number of carboxylic acid groups (broad SMARTS) is 1. The Morgan fingerprint density at radius 3 is 2.30 bits per heavy atom. The highest BCUT2D eigenvalue weighted by Crippen LogP contribution is 2.39. The van der Waals surface area contributed by atoms with Gasteiger partial charge in [0.15, 0.2) is 0 Å². The van der Waals surface area contributed by atoms with Gasteiger partial charge in [0.2, 0.25) is 0 Å². The molecule has 1 saturated carbocycles. The Labute approximate surface area is 121 Å². The number of carboxylic acids is 1. The minimum Gasteiger partial charge on any atom is -0.478 e. The lowest BCUT2D eigenvalue weighted by molar-refractivity contribution is 0.0697. The van der Waals surface area contributed by atoms with Gasteiger partial charge < -0.3 is 10.4 Å². The maximum atomic E-state index is 10.9. The van der Waals surface area contributed by atoms with Gasteiger partial charge in [0.25, 0.3) is 0 Å². The fourth-order valence-electron chi connectivity index (χ4n) is 3.26. The molecule has 1 aromatic carbocycles. The van der Waals surface area contributed by atoms with Crippen LogP contribution < -0.4 is 5.32 Å². The van der Waals surface area contributed by atoms with Crippen LogP contribution in [0.2, 0.25) is 0 Å². The number of benzene rings is 1. The topological polar surface area (TPSA) is 49.3 Å². The molecule has 0 heterocycles. The van der Waals surface area contributed by atoms with Gasteiger partial charge in [-0.1, -0.05) is 33.6 Å². The van der Waals surface area contributed by atoms with Gasteiger partial charge in [-0.3, -0.25) is 0 Å². The lowest BCUT2D eigenvalue weighted by Crippen LogP contribution is -2.39. The van der Waals surface area contributed by atoms with Crippen molar-refractivity contribution in [3.8, 4) is 0 Å². The highest BCUT2D eigenvalue weighted by Gasteiger charge is 2.33. The third-order valence-electron chi connectivity index (χ3n) is 4.36. The highest BCUT2D eigenvalue weighted by atomic mass is 16.4. The lowest BCUT2D eigenvalue weighted by atomic mass is 9.69. The van der Waals surface area contributed by atoms with Crippen molar-refractivity contribution in [2.45, 2.75) is 52.5 Å². The largest absolute Gasteiger partial charge is 0.478 e. The van der Waals surface area contributed by atoms with Crippen molar-refractivity contribution in [1.82, 2.24) is 0 Å². The van der Waals surface area contributed by atoms with Crippen LogP contribution in [0.4, 0.5) is 5.69 Å². The van der Waals surface area contributed by atoms with E-state index in [0.717, 1.165) is 5.69 Å². The van der Waals surface area contributed by atoms with Gasteiger partial charge in [0.05, 0.1) is 5.56 Å². The zero-order valence-electron chi connectivity index (χ0n) is 12.6. The van der Waals surface area contributed by atoms with E-state index in [1.165, 1.54) is 25.7 Å². The van der Waals surface area contributed by atoms with Gasteiger partial charge >= 0.3 is 5.97 Å². The Balaban J connectivity index is 2.08. The zero-order valence-corrected chi connectivity index (χ0v) is 12.6. The molecule has 0 saturated heterocycles. The fourth-order valence-corrected chi connectivity index (χ4v) is 3.26. The van der Waals surface area contributed by atoms with Crippen LogP contribution in [-0.2, 0) is 0 Å². The summed E-state index contributed by atoms with van der Waals surface area (Å²) in [7, 11) is 0. The number of aromatic carboxylic acids is 1. The van der Waals surface area contributed by atoms with E-state index < -0.39 is 5.97 Å². The van der Waals surface area contributed by atoms with E-state index in [0.29, 0.717) is 22.9 Å². The minimum atomic E-state index is -0.873. The molecule has 0 amide bonds. The van der Waals surface area contributed by atoms with E-state index in [4.69, 9.17) is 5.11 Å². The van der Waals surface area contributed by atoms with Crippen LogP contribution in [0, 0.1) is 11.3 Å². The number of carbonyl (C=O) groups is 1. The summed E-state index contributed by atoms with van der Waals surface area (Å²) in [6, 6.07) is 7.56. The van der Waals surface area contributed by atoms with E-state index in [1.807, 2.05) is 12.1 Å². The Morgan fingerprint density at radius 2 is 1.75 bits per heavy atom. The Kier molecular flexibility index (Phi) is 4.36. The van der Waals surface area contributed by atoms with Crippen LogP contribution in [-0.4, -0.2) is 17.1 Å². The van der Waals surface area contributed by atoms with Crippen LogP contribution in [0.25, 0.3) is 0 Å². The first-order chi connectivity index (χ1) is 9.38. The van der Waals surface area contributed by atoms with E-state index >= 15 is 0 Å². The standard InChI is InChI=1S/C17H25NO2/c1-17(2,3)14-6-4-5-7-15(14)18-13-10-8-12(9-11-13)16(19)20/h8-11,14-15,18H,4-7H2,1-3H3,(H,19,20). The molecule has 0 radical (unpaired) electrons. The molecule has 3 heteroatoms. The molecular formula is C17H25NO2. The first-order valence-electron chi connectivity index (χ1n) is 7.48. The summed E-state index contributed by atoms with van der Waals surface area (Å²) in [6.07, 6.45) is 5.06. The van der Waals surface area contributed by atoms with Gasteiger partial charge in [-0.25, -0.2) is 4.79 Å². The summed E-state index contributed by atoms with van der Waals surface area (Å²) in [5.74, 6) is -0.211. The van der Waals surface area contributed by atoms with Crippen molar-refractivity contribution < 1.29 is 9.90 Å². The number of nitrogens with one attached hydrogen (secondary N) is 1. The molecule has 1 aromatic rings. The van der Waals surface area contributed by atoms with Gasteiger partial charge in [-0.05, 0) is 48.4 Å². The average molecular weight is 275 g/mol. The van der Waals surface area contributed by atoms with Gasteiger partial charge in [0, 0.05) is 11.7 Å². The molecule has 20 heavy (non-hydrogen) atoms. The molecular weight excluding hydrogens is 250 g/mol. The van der Waals surface area contributed by atoms with Crippen molar-refractivity contribution in [2.75, 3.05) is 5.32 Å². The fraction of sp³-hybridized carbons (Fsp3) is 0.588. The number of hydrogen-bond acceptors (Lipinski definition) is 2. The third kappa shape index (κ3) is 3.53. The van der Waals surface area contributed by atoms with E-state index in [9.17, 15) is 4.79 Å². The Morgan fingerprint density at radius 1 is 1.15 bits per heavy atom. The lowest BCUT2D eigenvalue weighted by Gasteiger charge is -2.41. The summed E-state index contributed by atoms with van der Waals surface area (Å²) in [5, 5.41) is 12.5. The van der Waals surface area contributed by atoms with E-state index in [2.05, 4.69) is 26.1 Å². The summed E-state index contributed by atoms with van der Waals surface area (Å²) in [5.41, 5.74) is 1.67. The van der Waals surface area contributed by atoms with Crippen molar-refractivity contribution in [3.05, 3.63) is 29.8 Å².